The zero-order chi connectivity index (χ0) is 41.1. The molecule has 302 valence electrons. The van der Waals surface area contributed by atoms with Crippen molar-refractivity contribution in [2.45, 2.75) is 58.8 Å². The molecule has 1 N–H and O–H groups in total. The summed E-state index contributed by atoms with van der Waals surface area (Å²) in [4.78, 5) is 12.3. The molecular formula is C55H50N3OPt-. The van der Waals surface area contributed by atoms with Crippen LogP contribution >= 0.6 is 0 Å². The van der Waals surface area contributed by atoms with E-state index in [9.17, 15) is 5.11 Å². The van der Waals surface area contributed by atoms with Crippen molar-refractivity contribution in [3.05, 3.63) is 204 Å². The summed E-state index contributed by atoms with van der Waals surface area (Å²) >= 11 is 0. The van der Waals surface area contributed by atoms with Gasteiger partial charge in [-0.25, -0.2) is 4.98 Å². The Labute approximate surface area is 369 Å². The smallest absolute Gasteiger partial charge is 0.136 e. The van der Waals surface area contributed by atoms with Crippen LogP contribution in [0.1, 0.15) is 63.8 Å². The molecule has 8 aromatic rings. The molecule has 6 aromatic carbocycles. The second-order valence-corrected chi connectivity index (χ2v) is 17.3. The normalized spacial score (nSPS) is 11.5. The monoisotopic (exact) mass is 963 g/mol. The van der Waals surface area contributed by atoms with Crippen molar-refractivity contribution in [1.29, 1.82) is 0 Å². The van der Waals surface area contributed by atoms with Crippen molar-refractivity contribution >= 4 is 17.2 Å². The fourth-order valence-electron chi connectivity index (χ4n) is 7.42. The number of aromatic hydroxyl groups is 1. The van der Waals surface area contributed by atoms with Gasteiger partial charge in [0, 0.05) is 38.5 Å². The number of aromatic nitrogens is 2. The summed E-state index contributed by atoms with van der Waals surface area (Å²) in [7, 11) is 0. The van der Waals surface area contributed by atoms with Gasteiger partial charge in [-0.3, -0.25) is 4.98 Å². The number of benzene rings is 6. The summed E-state index contributed by atoms with van der Waals surface area (Å²) < 4.78 is 0. The molecule has 0 aliphatic carbocycles. The Balaban J connectivity index is 0.00000544. The Morgan fingerprint density at radius 3 is 1.77 bits per heavy atom. The van der Waals surface area contributed by atoms with Crippen molar-refractivity contribution < 1.29 is 26.2 Å². The first kappa shape index (κ1) is 42.0. The van der Waals surface area contributed by atoms with Crippen LogP contribution in [0.5, 0.6) is 5.75 Å². The quantitative estimate of drug-likeness (QED) is 0.146. The van der Waals surface area contributed by atoms with Gasteiger partial charge in [-0.2, -0.15) is 0 Å². The van der Waals surface area contributed by atoms with Gasteiger partial charge in [0.2, 0.25) is 0 Å². The zero-order valence-electron chi connectivity index (χ0n) is 35.1. The molecule has 0 radical (unpaired) electrons. The summed E-state index contributed by atoms with van der Waals surface area (Å²) in [5.41, 5.74) is 13.6. The minimum Gasteiger partial charge on any atom is -0.507 e. The number of rotatable bonds is 9. The molecule has 0 unspecified atom stereocenters. The molecule has 0 aliphatic heterocycles. The van der Waals surface area contributed by atoms with Gasteiger partial charge < -0.3 is 10.0 Å². The average Bonchev–Trinajstić information content (AvgIpc) is 3.24. The van der Waals surface area contributed by atoms with Gasteiger partial charge >= 0.3 is 0 Å². The van der Waals surface area contributed by atoms with E-state index in [4.69, 9.17) is 9.97 Å². The number of phenolic OH excluding ortho intramolecular Hbond substituents is 1. The van der Waals surface area contributed by atoms with Gasteiger partial charge in [-0.05, 0) is 110 Å². The van der Waals surface area contributed by atoms with Crippen LogP contribution in [0.15, 0.2) is 176 Å². The predicted octanol–water partition coefficient (Wildman–Crippen LogP) is 14.3. The molecule has 0 bridgehead atoms. The Morgan fingerprint density at radius 2 is 1.13 bits per heavy atom. The minimum absolute atomic E-state index is 0. The molecule has 0 atom stereocenters. The summed E-state index contributed by atoms with van der Waals surface area (Å²) in [5, 5.41) is 11.6. The predicted molar refractivity (Wildman–Crippen MR) is 246 cm³/mol. The Hall–Kier alpha value is -6.09. The van der Waals surface area contributed by atoms with E-state index in [-0.39, 0.29) is 37.6 Å². The molecule has 0 saturated carbocycles. The summed E-state index contributed by atoms with van der Waals surface area (Å²) in [6.45, 7) is 13.4. The Bertz CT molecular complexity index is 2680. The van der Waals surface area contributed by atoms with Crippen molar-refractivity contribution in [1.82, 2.24) is 9.97 Å². The van der Waals surface area contributed by atoms with Crippen LogP contribution in [0.25, 0.3) is 44.8 Å². The number of nitrogens with zero attached hydrogens (tertiary/aromatic N) is 3. The number of hydrogen-bond donors (Lipinski definition) is 1. The van der Waals surface area contributed by atoms with Gasteiger partial charge in [0.25, 0.3) is 0 Å². The molecule has 60 heavy (non-hydrogen) atoms. The van der Waals surface area contributed by atoms with Crippen LogP contribution in [0, 0.1) is 6.07 Å². The second-order valence-electron chi connectivity index (χ2n) is 17.3. The van der Waals surface area contributed by atoms with E-state index in [0.29, 0.717) is 11.3 Å². The molecule has 4 nitrogen and oxygen atoms in total. The summed E-state index contributed by atoms with van der Waals surface area (Å²) in [5.74, 6) is 0.969. The van der Waals surface area contributed by atoms with E-state index in [1.165, 1.54) is 16.7 Å². The van der Waals surface area contributed by atoms with E-state index >= 15 is 0 Å². The van der Waals surface area contributed by atoms with Crippen LogP contribution in [-0.2, 0) is 38.3 Å². The third-order valence-electron chi connectivity index (χ3n) is 10.9. The van der Waals surface area contributed by atoms with Crippen LogP contribution in [-0.4, -0.2) is 15.1 Å². The van der Waals surface area contributed by atoms with Gasteiger partial charge in [0.1, 0.15) is 11.6 Å². The molecule has 0 aliphatic rings. The molecular weight excluding hydrogens is 914 g/mol. The fraction of sp³-hybridized carbons (Fsp3) is 0.164. The Morgan fingerprint density at radius 1 is 0.533 bits per heavy atom. The molecule has 0 amide bonds. The maximum Gasteiger partial charge on any atom is 0.136 e. The van der Waals surface area contributed by atoms with E-state index in [2.05, 4.69) is 174 Å². The maximum absolute atomic E-state index is 11.6. The van der Waals surface area contributed by atoms with Crippen LogP contribution < -0.4 is 4.90 Å². The van der Waals surface area contributed by atoms with Gasteiger partial charge in [0.05, 0.1) is 5.69 Å². The average molecular weight is 964 g/mol. The maximum atomic E-state index is 11.6. The molecule has 0 fully saturated rings. The first-order valence-corrected chi connectivity index (χ1v) is 20.3. The van der Waals surface area contributed by atoms with Crippen LogP contribution in [0.3, 0.4) is 0 Å². The molecule has 0 spiro atoms. The summed E-state index contributed by atoms with van der Waals surface area (Å²) in [6, 6.07) is 62.5. The third-order valence-corrected chi connectivity index (χ3v) is 10.9. The fourth-order valence-corrected chi connectivity index (χ4v) is 7.42. The number of anilines is 3. The van der Waals surface area contributed by atoms with Crippen molar-refractivity contribution in [3.8, 4) is 50.5 Å². The van der Waals surface area contributed by atoms with E-state index in [0.717, 1.165) is 62.7 Å². The summed E-state index contributed by atoms with van der Waals surface area (Å²) in [6.07, 6.45) is 2.69. The number of pyridine rings is 2. The second kappa shape index (κ2) is 17.6. The topological polar surface area (TPSA) is 49.2 Å². The van der Waals surface area contributed by atoms with Crippen molar-refractivity contribution in [2.75, 3.05) is 4.90 Å². The molecule has 0 saturated heterocycles. The number of hydrogen-bond acceptors (Lipinski definition) is 4. The first-order chi connectivity index (χ1) is 28.4. The van der Waals surface area contributed by atoms with E-state index in [1.807, 2.05) is 54.7 Å². The Kier molecular flexibility index (Phi) is 12.4. The van der Waals surface area contributed by atoms with E-state index in [1.54, 1.807) is 0 Å². The van der Waals surface area contributed by atoms with Crippen molar-refractivity contribution in [2.24, 2.45) is 0 Å². The SMILES string of the molecule is CC(C)(C)c1ccc(-c2cc(-c3[c-]c(N(c4ccc(Cc5ccccc5)cc4)c4ccccn4)cc(C(C)(C)C)c3)nc(-c3ccc(-c4ccccc4)cc3O)c2)cc1.[Pt]. The number of phenols is 1. The standard InChI is InChI=1S/C55H50N3O.Pt/c1-54(2,3)45-25-22-41(23-26-45)43-34-50(57-51(35-43)49-29-24-42(36-52(49)59)40-17-11-8-12-18-40)44-32-46(55(4,5)6)37-48(33-44)58(53-19-13-14-30-56-53)47-27-20-39(21-28-47)31-38-15-9-7-10-16-38;/h7-30,32,34-37,59H,31H2,1-6H3;/q-1;. The minimum atomic E-state index is -0.192. The first-order valence-electron chi connectivity index (χ1n) is 20.3. The molecule has 5 heteroatoms. The largest absolute Gasteiger partial charge is 0.507 e. The molecule has 2 aromatic heterocycles. The van der Waals surface area contributed by atoms with Crippen LogP contribution in [0.2, 0.25) is 0 Å². The van der Waals surface area contributed by atoms with Gasteiger partial charge in [-0.15, -0.1) is 29.3 Å². The van der Waals surface area contributed by atoms with Gasteiger partial charge in [0.15, 0.2) is 0 Å². The van der Waals surface area contributed by atoms with Crippen molar-refractivity contribution in [3.63, 3.8) is 0 Å². The van der Waals surface area contributed by atoms with Gasteiger partial charge in [-0.1, -0.05) is 157 Å². The molecule has 8 rings (SSSR count). The zero-order valence-corrected chi connectivity index (χ0v) is 37.3. The van der Waals surface area contributed by atoms with Crippen LogP contribution in [0.4, 0.5) is 17.2 Å². The third kappa shape index (κ3) is 9.51. The van der Waals surface area contributed by atoms with E-state index < -0.39 is 0 Å². The molecule has 2 heterocycles.